The maximum atomic E-state index is 4.32. The summed E-state index contributed by atoms with van der Waals surface area (Å²) in [5.74, 6) is 1.68. The number of hydrogen-bond donors (Lipinski definition) is 2. The van der Waals surface area contributed by atoms with E-state index in [9.17, 15) is 0 Å². The Labute approximate surface area is 129 Å². The van der Waals surface area contributed by atoms with Crippen molar-refractivity contribution >= 4 is 17.7 Å². The van der Waals surface area contributed by atoms with Crippen LogP contribution in [0.2, 0.25) is 0 Å². The third kappa shape index (κ3) is 6.35. The lowest BCUT2D eigenvalue weighted by Crippen LogP contribution is -2.46. The van der Waals surface area contributed by atoms with Gasteiger partial charge in [-0.15, -0.1) is 0 Å². The fraction of sp³-hybridized carbons (Fsp3) is 0.933. The monoisotopic (exact) mass is 300 g/mol. The molecule has 1 aliphatic rings. The van der Waals surface area contributed by atoms with Crippen molar-refractivity contribution in [1.29, 1.82) is 0 Å². The molecule has 5 heteroatoms. The van der Waals surface area contributed by atoms with E-state index in [1.165, 1.54) is 32.5 Å². The molecule has 0 amide bonds. The molecule has 1 fully saturated rings. The number of nitrogens with zero attached hydrogens (tertiary/aromatic N) is 2. The molecule has 1 aliphatic heterocycles. The summed E-state index contributed by atoms with van der Waals surface area (Å²) in [5.41, 5.74) is 0. The van der Waals surface area contributed by atoms with Crippen molar-refractivity contribution in [3.05, 3.63) is 0 Å². The summed E-state index contributed by atoms with van der Waals surface area (Å²) in [4.78, 5) is 6.87. The van der Waals surface area contributed by atoms with Gasteiger partial charge in [0.05, 0.1) is 0 Å². The zero-order valence-electron chi connectivity index (χ0n) is 13.8. The molecule has 0 bridgehead atoms. The van der Waals surface area contributed by atoms with E-state index in [2.05, 4.69) is 47.6 Å². The molecule has 0 aromatic carbocycles. The molecule has 20 heavy (non-hydrogen) atoms. The molecule has 0 radical (unpaired) electrons. The van der Waals surface area contributed by atoms with Crippen LogP contribution in [0.25, 0.3) is 0 Å². The number of piperidine rings is 1. The van der Waals surface area contributed by atoms with Gasteiger partial charge in [-0.3, -0.25) is 4.99 Å². The van der Waals surface area contributed by atoms with E-state index in [0.29, 0.717) is 0 Å². The van der Waals surface area contributed by atoms with Gasteiger partial charge in [0, 0.05) is 31.4 Å². The predicted octanol–water partition coefficient (Wildman–Crippen LogP) is 2.02. The van der Waals surface area contributed by atoms with Crippen LogP contribution in [-0.2, 0) is 0 Å². The van der Waals surface area contributed by atoms with E-state index < -0.39 is 0 Å². The van der Waals surface area contributed by atoms with Crippen LogP contribution >= 0.6 is 11.8 Å². The van der Waals surface area contributed by atoms with Crippen molar-refractivity contribution in [1.82, 2.24) is 15.5 Å². The first kappa shape index (κ1) is 17.6. The molecule has 1 unspecified atom stereocenters. The minimum Gasteiger partial charge on any atom is -0.356 e. The highest BCUT2D eigenvalue weighted by Crippen LogP contribution is 2.19. The summed E-state index contributed by atoms with van der Waals surface area (Å²) >= 11 is 1.88. The number of nitrogens with one attached hydrogen (secondary N) is 2. The zero-order chi connectivity index (χ0) is 15.0. The van der Waals surface area contributed by atoms with Crippen molar-refractivity contribution in [3.8, 4) is 0 Å². The Hall–Kier alpha value is -0.420. The van der Waals surface area contributed by atoms with Crippen LogP contribution < -0.4 is 10.6 Å². The first-order chi connectivity index (χ1) is 9.50. The number of thioether (sulfide) groups is 1. The molecular weight excluding hydrogens is 268 g/mol. The Bertz CT molecular complexity index is 304. The van der Waals surface area contributed by atoms with Crippen molar-refractivity contribution in [2.45, 2.75) is 38.4 Å². The Morgan fingerprint density at radius 3 is 2.75 bits per heavy atom. The molecule has 1 rings (SSSR count). The van der Waals surface area contributed by atoms with Crippen molar-refractivity contribution < 1.29 is 0 Å². The molecule has 0 aromatic heterocycles. The molecule has 118 valence electrons. The average molecular weight is 301 g/mol. The van der Waals surface area contributed by atoms with Crippen molar-refractivity contribution in [3.63, 3.8) is 0 Å². The van der Waals surface area contributed by atoms with Crippen LogP contribution in [0.3, 0.4) is 0 Å². The molecule has 0 aromatic rings. The molecule has 0 spiro atoms. The Kier molecular flexibility index (Phi) is 7.74. The lowest BCUT2D eigenvalue weighted by Gasteiger charge is -2.32. The van der Waals surface area contributed by atoms with Crippen molar-refractivity contribution in [2.75, 3.05) is 46.0 Å². The van der Waals surface area contributed by atoms with E-state index >= 15 is 0 Å². The third-order valence-corrected chi connectivity index (χ3v) is 5.32. The molecule has 2 N–H and O–H groups in total. The molecule has 1 atom stereocenters. The summed E-state index contributed by atoms with van der Waals surface area (Å²) in [6.45, 7) is 12.4. The Morgan fingerprint density at radius 1 is 1.40 bits per heavy atom. The summed E-state index contributed by atoms with van der Waals surface area (Å²) in [6.07, 6.45) is 4.81. The van der Waals surface area contributed by atoms with Crippen LogP contribution in [0.1, 0.15) is 33.6 Å². The van der Waals surface area contributed by atoms with E-state index in [1.54, 1.807) is 0 Å². The Morgan fingerprint density at radius 2 is 2.15 bits per heavy atom. The predicted molar refractivity (Wildman–Crippen MR) is 91.8 cm³/mol. The number of likely N-dealkylation sites (tertiary alicyclic amines) is 1. The smallest absolute Gasteiger partial charge is 0.191 e. The van der Waals surface area contributed by atoms with Gasteiger partial charge in [-0.1, -0.05) is 6.92 Å². The fourth-order valence-corrected chi connectivity index (χ4v) is 2.65. The molecule has 1 saturated heterocycles. The van der Waals surface area contributed by atoms with E-state index in [4.69, 9.17) is 0 Å². The molecule has 1 heterocycles. The SMILES string of the molecule is CCN1CCCC(CNC(=NC)NCC(C)(C)SC)C1. The molecule has 0 saturated carbocycles. The molecule has 0 aliphatic carbocycles. The minimum absolute atomic E-state index is 0.238. The fourth-order valence-electron chi connectivity index (χ4n) is 2.44. The van der Waals surface area contributed by atoms with Crippen LogP contribution in [-0.4, -0.2) is 61.6 Å². The van der Waals surface area contributed by atoms with Crippen molar-refractivity contribution in [2.24, 2.45) is 10.9 Å². The Balaban J connectivity index is 2.31. The number of hydrogen-bond acceptors (Lipinski definition) is 3. The molecule has 4 nitrogen and oxygen atoms in total. The summed E-state index contributed by atoms with van der Waals surface area (Å²) < 4.78 is 0.238. The quantitative estimate of drug-likeness (QED) is 0.581. The zero-order valence-corrected chi connectivity index (χ0v) is 14.6. The number of aliphatic imine (C=N–C) groups is 1. The molecular formula is C15H32N4S. The van der Waals surface area contributed by atoms with Gasteiger partial charge >= 0.3 is 0 Å². The van der Waals surface area contributed by atoms with Gasteiger partial charge in [-0.25, -0.2) is 0 Å². The summed E-state index contributed by atoms with van der Waals surface area (Å²) in [7, 11) is 1.85. The van der Waals surface area contributed by atoms with Gasteiger partial charge in [-0.2, -0.15) is 11.8 Å². The summed E-state index contributed by atoms with van der Waals surface area (Å²) in [6, 6.07) is 0. The topological polar surface area (TPSA) is 39.7 Å². The lowest BCUT2D eigenvalue weighted by atomic mass is 9.98. The van der Waals surface area contributed by atoms with Crippen LogP contribution in [0.5, 0.6) is 0 Å². The van der Waals surface area contributed by atoms with E-state index in [-0.39, 0.29) is 4.75 Å². The van der Waals surface area contributed by atoms with Gasteiger partial charge < -0.3 is 15.5 Å². The number of rotatable bonds is 6. The highest BCUT2D eigenvalue weighted by atomic mass is 32.2. The van der Waals surface area contributed by atoms with E-state index in [1.807, 2.05) is 18.8 Å². The maximum absolute atomic E-state index is 4.32. The first-order valence-electron chi connectivity index (χ1n) is 7.72. The second-order valence-electron chi connectivity index (χ2n) is 6.17. The lowest BCUT2D eigenvalue weighted by molar-refractivity contribution is 0.183. The average Bonchev–Trinajstić information content (AvgIpc) is 2.47. The number of guanidine groups is 1. The van der Waals surface area contributed by atoms with Gasteiger partial charge in [0.25, 0.3) is 0 Å². The third-order valence-electron chi connectivity index (χ3n) is 4.07. The second-order valence-corrected chi connectivity index (χ2v) is 7.69. The van der Waals surface area contributed by atoms with Crippen LogP contribution in [0.4, 0.5) is 0 Å². The summed E-state index contributed by atoms with van der Waals surface area (Å²) in [5, 5.41) is 6.91. The minimum atomic E-state index is 0.238. The van der Waals surface area contributed by atoms with Gasteiger partial charge in [-0.05, 0) is 52.0 Å². The standard InChI is InChI=1S/C15H32N4S/c1-6-19-9-7-8-13(11-19)10-17-14(16-4)18-12-15(2,3)20-5/h13H,6-12H2,1-5H3,(H2,16,17,18). The van der Waals surface area contributed by atoms with Crippen LogP contribution in [0, 0.1) is 5.92 Å². The second kappa shape index (κ2) is 8.78. The highest BCUT2D eigenvalue weighted by molar-refractivity contribution is 7.99. The van der Waals surface area contributed by atoms with Gasteiger partial charge in [0.15, 0.2) is 5.96 Å². The normalized spacial score (nSPS) is 21.9. The largest absolute Gasteiger partial charge is 0.356 e. The van der Waals surface area contributed by atoms with Crippen LogP contribution in [0.15, 0.2) is 4.99 Å². The van der Waals surface area contributed by atoms with Gasteiger partial charge in [0.1, 0.15) is 0 Å². The van der Waals surface area contributed by atoms with Gasteiger partial charge in [0.2, 0.25) is 0 Å². The first-order valence-corrected chi connectivity index (χ1v) is 8.95. The van der Waals surface area contributed by atoms with E-state index in [0.717, 1.165) is 25.0 Å². The maximum Gasteiger partial charge on any atom is 0.191 e. The highest BCUT2D eigenvalue weighted by Gasteiger charge is 2.19.